The van der Waals surface area contributed by atoms with Gasteiger partial charge in [0.05, 0.1) is 6.61 Å². The minimum atomic E-state index is 0.0537. The molecule has 0 spiro atoms. The Bertz CT molecular complexity index is 294. The minimum Gasteiger partial charge on any atom is -0.493 e. The lowest BCUT2D eigenvalue weighted by Gasteiger charge is -2.09. The number of nitrogens with two attached hydrogens (primary N) is 1. The molecule has 1 rings (SSSR count). The van der Waals surface area contributed by atoms with Gasteiger partial charge in [0, 0.05) is 6.04 Å². The number of hydrogen-bond acceptors (Lipinski definition) is 2. The van der Waals surface area contributed by atoms with Crippen LogP contribution in [-0.4, -0.2) is 6.61 Å². The first-order chi connectivity index (χ1) is 6.74. The Labute approximate surface area is 85.4 Å². The summed E-state index contributed by atoms with van der Waals surface area (Å²) in [6, 6.07) is 7.94. The number of ether oxygens (including phenoxy) is 1. The standard InChI is InChI=1S/C12H17NO/c1-3-4-8-14-12-7-5-6-11(9-12)10(2)13/h3,5-7,9-10H,1,4,8,13H2,2H3/t10-/m1/s1. The minimum absolute atomic E-state index is 0.0537. The zero-order valence-corrected chi connectivity index (χ0v) is 8.57. The number of hydrogen-bond donors (Lipinski definition) is 1. The summed E-state index contributed by atoms with van der Waals surface area (Å²) in [5, 5.41) is 0. The van der Waals surface area contributed by atoms with Gasteiger partial charge in [0.15, 0.2) is 0 Å². The van der Waals surface area contributed by atoms with E-state index in [9.17, 15) is 0 Å². The highest BCUT2D eigenvalue weighted by Gasteiger charge is 2.00. The fourth-order valence-corrected chi connectivity index (χ4v) is 1.15. The molecule has 2 nitrogen and oxygen atoms in total. The van der Waals surface area contributed by atoms with E-state index in [0.29, 0.717) is 6.61 Å². The Balaban J connectivity index is 2.59. The molecular formula is C12H17NO. The second-order valence-electron chi connectivity index (χ2n) is 3.29. The molecule has 1 aromatic carbocycles. The quantitative estimate of drug-likeness (QED) is 0.573. The molecule has 0 heterocycles. The van der Waals surface area contributed by atoms with Crippen molar-refractivity contribution in [2.45, 2.75) is 19.4 Å². The summed E-state index contributed by atoms with van der Waals surface area (Å²) in [6.07, 6.45) is 2.71. The number of rotatable bonds is 5. The molecule has 76 valence electrons. The van der Waals surface area contributed by atoms with Crippen molar-refractivity contribution in [1.29, 1.82) is 0 Å². The zero-order valence-electron chi connectivity index (χ0n) is 8.57. The highest BCUT2D eigenvalue weighted by molar-refractivity contribution is 5.30. The molecule has 1 atom stereocenters. The molecule has 0 aliphatic carbocycles. The molecule has 0 aliphatic heterocycles. The van der Waals surface area contributed by atoms with Gasteiger partial charge < -0.3 is 10.5 Å². The second kappa shape index (κ2) is 5.45. The van der Waals surface area contributed by atoms with Gasteiger partial charge in [-0.2, -0.15) is 0 Å². The fraction of sp³-hybridized carbons (Fsp3) is 0.333. The normalized spacial score (nSPS) is 12.1. The second-order valence-corrected chi connectivity index (χ2v) is 3.29. The van der Waals surface area contributed by atoms with Crippen LogP contribution in [0, 0.1) is 0 Å². The maximum Gasteiger partial charge on any atom is 0.119 e. The van der Waals surface area contributed by atoms with Crippen molar-refractivity contribution in [3.05, 3.63) is 42.5 Å². The van der Waals surface area contributed by atoms with Crippen LogP contribution in [0.5, 0.6) is 5.75 Å². The van der Waals surface area contributed by atoms with Crippen molar-refractivity contribution in [3.63, 3.8) is 0 Å². The molecule has 0 fully saturated rings. The molecule has 0 aliphatic rings. The molecule has 0 amide bonds. The van der Waals surface area contributed by atoms with Gasteiger partial charge in [-0.3, -0.25) is 0 Å². The smallest absolute Gasteiger partial charge is 0.119 e. The largest absolute Gasteiger partial charge is 0.493 e. The van der Waals surface area contributed by atoms with Crippen molar-refractivity contribution in [1.82, 2.24) is 0 Å². The molecular weight excluding hydrogens is 174 g/mol. The third kappa shape index (κ3) is 3.23. The predicted octanol–water partition coefficient (Wildman–Crippen LogP) is 2.66. The van der Waals surface area contributed by atoms with Crippen LogP contribution < -0.4 is 10.5 Å². The molecule has 0 radical (unpaired) electrons. The van der Waals surface area contributed by atoms with Gasteiger partial charge in [0.25, 0.3) is 0 Å². The van der Waals surface area contributed by atoms with E-state index in [1.54, 1.807) is 0 Å². The van der Waals surface area contributed by atoms with E-state index in [1.807, 2.05) is 37.3 Å². The van der Waals surface area contributed by atoms with Gasteiger partial charge in [-0.15, -0.1) is 6.58 Å². The Morgan fingerprint density at radius 2 is 2.36 bits per heavy atom. The van der Waals surface area contributed by atoms with Crippen molar-refractivity contribution < 1.29 is 4.74 Å². The molecule has 0 unspecified atom stereocenters. The van der Waals surface area contributed by atoms with Crippen LogP contribution in [0.25, 0.3) is 0 Å². The first kappa shape index (κ1) is 10.8. The lowest BCUT2D eigenvalue weighted by Crippen LogP contribution is -2.05. The first-order valence-corrected chi connectivity index (χ1v) is 4.83. The van der Waals surface area contributed by atoms with Crippen LogP contribution in [0.4, 0.5) is 0 Å². The van der Waals surface area contributed by atoms with Gasteiger partial charge in [0.2, 0.25) is 0 Å². The fourth-order valence-electron chi connectivity index (χ4n) is 1.15. The van der Waals surface area contributed by atoms with Gasteiger partial charge in [-0.25, -0.2) is 0 Å². The van der Waals surface area contributed by atoms with E-state index in [1.165, 1.54) is 0 Å². The predicted molar refractivity (Wildman–Crippen MR) is 59.4 cm³/mol. The van der Waals surface area contributed by atoms with Gasteiger partial charge >= 0.3 is 0 Å². The summed E-state index contributed by atoms with van der Waals surface area (Å²) in [4.78, 5) is 0. The summed E-state index contributed by atoms with van der Waals surface area (Å²) >= 11 is 0. The van der Waals surface area contributed by atoms with Gasteiger partial charge in [-0.05, 0) is 31.0 Å². The van der Waals surface area contributed by atoms with E-state index < -0.39 is 0 Å². The monoisotopic (exact) mass is 191 g/mol. The SMILES string of the molecule is C=CCCOc1cccc([C@@H](C)N)c1. The van der Waals surface area contributed by atoms with Gasteiger partial charge in [0.1, 0.15) is 5.75 Å². The molecule has 0 saturated heterocycles. The maximum absolute atomic E-state index is 5.77. The topological polar surface area (TPSA) is 35.2 Å². The highest BCUT2D eigenvalue weighted by atomic mass is 16.5. The highest BCUT2D eigenvalue weighted by Crippen LogP contribution is 2.17. The summed E-state index contributed by atoms with van der Waals surface area (Å²) in [6.45, 7) is 6.27. The van der Waals surface area contributed by atoms with E-state index in [0.717, 1.165) is 17.7 Å². The first-order valence-electron chi connectivity index (χ1n) is 4.83. The average molecular weight is 191 g/mol. The maximum atomic E-state index is 5.77. The third-order valence-corrected chi connectivity index (χ3v) is 1.97. The molecule has 2 heteroatoms. The third-order valence-electron chi connectivity index (χ3n) is 1.97. The lowest BCUT2D eigenvalue weighted by molar-refractivity contribution is 0.324. The summed E-state index contributed by atoms with van der Waals surface area (Å²) < 4.78 is 5.51. The Hall–Kier alpha value is -1.28. The van der Waals surface area contributed by atoms with Crippen molar-refractivity contribution in [3.8, 4) is 5.75 Å². The molecule has 0 saturated carbocycles. The summed E-state index contributed by atoms with van der Waals surface area (Å²) in [5.74, 6) is 0.877. The van der Waals surface area contributed by atoms with Crippen LogP contribution in [0.2, 0.25) is 0 Å². The van der Waals surface area contributed by atoms with Crippen LogP contribution in [0.1, 0.15) is 24.9 Å². The average Bonchev–Trinajstić information content (AvgIpc) is 2.19. The molecule has 1 aromatic rings. The van der Waals surface area contributed by atoms with Crippen LogP contribution in [0.15, 0.2) is 36.9 Å². The number of benzene rings is 1. The van der Waals surface area contributed by atoms with E-state index in [-0.39, 0.29) is 6.04 Å². The molecule has 0 bridgehead atoms. The van der Waals surface area contributed by atoms with Crippen LogP contribution in [-0.2, 0) is 0 Å². The van der Waals surface area contributed by atoms with Crippen LogP contribution >= 0.6 is 0 Å². The van der Waals surface area contributed by atoms with Crippen molar-refractivity contribution in [2.24, 2.45) is 5.73 Å². The Morgan fingerprint density at radius 1 is 1.57 bits per heavy atom. The van der Waals surface area contributed by atoms with Crippen molar-refractivity contribution in [2.75, 3.05) is 6.61 Å². The van der Waals surface area contributed by atoms with E-state index in [4.69, 9.17) is 10.5 Å². The Kier molecular flexibility index (Phi) is 4.20. The molecule has 14 heavy (non-hydrogen) atoms. The van der Waals surface area contributed by atoms with Crippen molar-refractivity contribution >= 4 is 0 Å². The Morgan fingerprint density at radius 3 is 3.00 bits per heavy atom. The van der Waals surface area contributed by atoms with Crippen LogP contribution in [0.3, 0.4) is 0 Å². The molecule has 0 aromatic heterocycles. The van der Waals surface area contributed by atoms with E-state index >= 15 is 0 Å². The van der Waals surface area contributed by atoms with E-state index in [2.05, 4.69) is 6.58 Å². The zero-order chi connectivity index (χ0) is 10.4. The van der Waals surface area contributed by atoms with Gasteiger partial charge in [-0.1, -0.05) is 18.2 Å². The molecule has 2 N–H and O–H groups in total. The summed E-state index contributed by atoms with van der Waals surface area (Å²) in [5.41, 5.74) is 6.86. The lowest BCUT2D eigenvalue weighted by atomic mass is 10.1. The summed E-state index contributed by atoms with van der Waals surface area (Å²) in [7, 11) is 0.